The number of hydrogen-bond donors (Lipinski definition) is 4. The Morgan fingerprint density at radius 1 is 1.29 bits per heavy atom. The maximum atomic E-state index is 13.3. The lowest BCUT2D eigenvalue weighted by molar-refractivity contribution is -0.128. The molecule has 11 heteroatoms. The van der Waals surface area contributed by atoms with Crippen molar-refractivity contribution in [3.8, 4) is 11.5 Å². The van der Waals surface area contributed by atoms with Gasteiger partial charge in [0.15, 0.2) is 17.6 Å². The summed E-state index contributed by atoms with van der Waals surface area (Å²) in [5.74, 6) is -2.11. The molecule has 2 aromatic heterocycles. The molecule has 178 valence electrons. The van der Waals surface area contributed by atoms with Gasteiger partial charge >= 0.3 is 0 Å². The van der Waals surface area contributed by atoms with Crippen molar-refractivity contribution < 1.29 is 28.9 Å². The number of likely N-dealkylation sites (N-methyl/N-ethyl adjacent to an activating group) is 1. The molecule has 0 aliphatic carbocycles. The van der Waals surface area contributed by atoms with Gasteiger partial charge in [-0.2, -0.15) is 0 Å². The number of pyridine rings is 2. The zero-order valence-corrected chi connectivity index (χ0v) is 18.3. The fourth-order valence-electron chi connectivity index (χ4n) is 3.87. The first-order valence-corrected chi connectivity index (χ1v) is 10.6. The van der Waals surface area contributed by atoms with Crippen LogP contribution < -0.4 is 20.9 Å². The SMILES string of the molecule is CNC(=O)C1Cn2c(=O)c(C(=O)NCCCO)c(O)c3ncc(Cc4ccc(F)cc4)c(c32)O1. The molecule has 4 N–H and O–H groups in total. The number of ether oxygens (including phenoxy) is 1. The molecule has 34 heavy (non-hydrogen) atoms. The Labute approximate surface area is 193 Å². The van der Waals surface area contributed by atoms with Crippen molar-refractivity contribution in [3.05, 3.63) is 63.3 Å². The summed E-state index contributed by atoms with van der Waals surface area (Å²) in [6.07, 6.45) is 0.894. The van der Waals surface area contributed by atoms with Crippen molar-refractivity contribution in [2.75, 3.05) is 20.2 Å². The van der Waals surface area contributed by atoms with Gasteiger partial charge in [0.1, 0.15) is 22.4 Å². The van der Waals surface area contributed by atoms with Gasteiger partial charge in [-0.25, -0.2) is 4.39 Å². The van der Waals surface area contributed by atoms with Crippen LogP contribution >= 0.6 is 0 Å². The van der Waals surface area contributed by atoms with Crippen molar-refractivity contribution >= 4 is 22.8 Å². The third-order valence-electron chi connectivity index (χ3n) is 5.57. The number of benzene rings is 1. The minimum absolute atomic E-state index is 0.0277. The molecule has 3 heterocycles. The second-order valence-corrected chi connectivity index (χ2v) is 7.81. The number of aliphatic hydroxyl groups excluding tert-OH is 1. The first kappa shape index (κ1) is 23.2. The molecule has 10 nitrogen and oxygen atoms in total. The van der Waals surface area contributed by atoms with Gasteiger partial charge < -0.3 is 25.6 Å². The number of aromatic nitrogens is 2. The van der Waals surface area contributed by atoms with Crippen LogP contribution in [0.5, 0.6) is 11.5 Å². The van der Waals surface area contributed by atoms with Crippen LogP contribution in [0.1, 0.15) is 27.9 Å². The number of carbonyl (C=O) groups is 2. The molecule has 3 aromatic rings. The highest BCUT2D eigenvalue weighted by molar-refractivity contribution is 6.02. The number of aromatic hydroxyl groups is 1. The average molecular weight is 470 g/mol. The van der Waals surface area contributed by atoms with Gasteiger partial charge in [0.05, 0.1) is 6.54 Å². The van der Waals surface area contributed by atoms with Crippen LogP contribution in [0.3, 0.4) is 0 Å². The maximum Gasteiger partial charge on any atom is 0.268 e. The van der Waals surface area contributed by atoms with Gasteiger partial charge in [-0.3, -0.25) is 23.9 Å². The van der Waals surface area contributed by atoms with Crippen molar-refractivity contribution in [2.45, 2.75) is 25.5 Å². The Morgan fingerprint density at radius 3 is 2.71 bits per heavy atom. The normalized spacial score (nSPS) is 14.5. The Kier molecular flexibility index (Phi) is 6.46. The summed E-state index contributed by atoms with van der Waals surface area (Å²) in [6.45, 7) is -0.243. The molecule has 0 bridgehead atoms. The number of aliphatic hydroxyl groups is 1. The number of nitrogens with zero attached hydrogens (tertiary/aromatic N) is 2. The van der Waals surface area contributed by atoms with E-state index in [-0.39, 0.29) is 55.1 Å². The molecule has 0 fully saturated rings. The van der Waals surface area contributed by atoms with Crippen LogP contribution in [0.25, 0.3) is 11.0 Å². The second-order valence-electron chi connectivity index (χ2n) is 7.81. The van der Waals surface area contributed by atoms with Crippen LogP contribution in [0.2, 0.25) is 0 Å². The monoisotopic (exact) mass is 470 g/mol. The average Bonchev–Trinajstić information content (AvgIpc) is 2.84. The van der Waals surface area contributed by atoms with Gasteiger partial charge in [-0.05, 0) is 24.1 Å². The van der Waals surface area contributed by atoms with Gasteiger partial charge in [0, 0.05) is 38.4 Å². The Bertz CT molecular complexity index is 1320. The molecule has 1 unspecified atom stereocenters. The molecule has 1 atom stereocenters. The first-order chi connectivity index (χ1) is 16.3. The highest BCUT2D eigenvalue weighted by atomic mass is 19.1. The van der Waals surface area contributed by atoms with E-state index in [1.54, 1.807) is 12.1 Å². The topological polar surface area (TPSA) is 143 Å². The zero-order chi connectivity index (χ0) is 24.4. The lowest BCUT2D eigenvalue weighted by atomic mass is 10.0. The summed E-state index contributed by atoms with van der Waals surface area (Å²) < 4.78 is 20.5. The van der Waals surface area contributed by atoms with Gasteiger partial charge in [-0.1, -0.05) is 12.1 Å². The second kappa shape index (κ2) is 9.48. The van der Waals surface area contributed by atoms with E-state index in [1.165, 1.54) is 29.9 Å². The number of rotatable bonds is 7. The van der Waals surface area contributed by atoms with E-state index in [0.29, 0.717) is 5.56 Å². The van der Waals surface area contributed by atoms with E-state index >= 15 is 0 Å². The van der Waals surface area contributed by atoms with E-state index in [0.717, 1.165) is 5.56 Å². The van der Waals surface area contributed by atoms with Crippen LogP contribution in [0.15, 0.2) is 35.3 Å². The van der Waals surface area contributed by atoms with E-state index < -0.39 is 34.8 Å². The van der Waals surface area contributed by atoms with Gasteiger partial charge in [0.2, 0.25) is 0 Å². The Hall–Kier alpha value is -3.99. The summed E-state index contributed by atoms with van der Waals surface area (Å²) in [6, 6.07) is 5.81. The minimum atomic E-state index is -1.07. The summed E-state index contributed by atoms with van der Waals surface area (Å²) in [7, 11) is 1.43. The van der Waals surface area contributed by atoms with Crippen LogP contribution in [-0.4, -0.2) is 57.9 Å². The minimum Gasteiger partial charge on any atom is -0.505 e. The molecule has 2 amide bonds. The molecule has 0 radical (unpaired) electrons. The number of hydrogen-bond acceptors (Lipinski definition) is 7. The Morgan fingerprint density at radius 2 is 2.03 bits per heavy atom. The smallest absolute Gasteiger partial charge is 0.268 e. The van der Waals surface area contributed by atoms with E-state index in [9.17, 15) is 23.9 Å². The summed E-state index contributed by atoms with van der Waals surface area (Å²) in [5, 5.41) is 24.7. The summed E-state index contributed by atoms with van der Waals surface area (Å²) in [5.41, 5.74) is 0.0792. The molecular weight excluding hydrogens is 447 g/mol. The molecule has 4 rings (SSSR count). The first-order valence-electron chi connectivity index (χ1n) is 10.6. The molecule has 0 spiro atoms. The fraction of sp³-hybridized carbons (Fsp3) is 0.304. The van der Waals surface area contributed by atoms with E-state index in [4.69, 9.17) is 9.84 Å². The van der Waals surface area contributed by atoms with Crippen molar-refractivity contribution in [1.29, 1.82) is 0 Å². The maximum absolute atomic E-state index is 13.3. The molecule has 1 aliphatic heterocycles. The fourth-order valence-corrected chi connectivity index (χ4v) is 3.87. The van der Waals surface area contributed by atoms with Gasteiger partial charge in [0.25, 0.3) is 17.4 Å². The lowest BCUT2D eigenvalue weighted by Gasteiger charge is -2.28. The van der Waals surface area contributed by atoms with Crippen molar-refractivity contribution in [1.82, 2.24) is 20.2 Å². The van der Waals surface area contributed by atoms with Crippen LogP contribution in [-0.2, 0) is 17.8 Å². The third-order valence-corrected chi connectivity index (χ3v) is 5.57. The summed E-state index contributed by atoms with van der Waals surface area (Å²) >= 11 is 0. The molecular formula is C23H23FN4O6. The van der Waals surface area contributed by atoms with Crippen LogP contribution in [0.4, 0.5) is 4.39 Å². The largest absolute Gasteiger partial charge is 0.505 e. The molecule has 0 saturated heterocycles. The van der Waals surface area contributed by atoms with E-state index in [1.807, 2.05) is 0 Å². The van der Waals surface area contributed by atoms with E-state index in [2.05, 4.69) is 15.6 Å². The number of nitrogens with one attached hydrogen (secondary N) is 2. The predicted molar refractivity (Wildman–Crippen MR) is 119 cm³/mol. The number of carbonyl (C=O) groups excluding carboxylic acids is 2. The number of amides is 2. The predicted octanol–water partition coefficient (Wildman–Crippen LogP) is 0.451. The molecule has 1 aliphatic rings. The standard InChI is InChI=1S/C23H23FN4O6/c1-25-21(31)15-11-28-18-17(19(30)16(23(28)33)22(32)26-7-2-8-29)27-10-13(20(18)34-15)9-12-3-5-14(24)6-4-12/h3-6,10,15,29-30H,2,7-9,11H2,1H3,(H,25,31)(H,26,32). The summed E-state index contributed by atoms with van der Waals surface area (Å²) in [4.78, 5) is 42.6. The van der Waals surface area contributed by atoms with Crippen LogP contribution in [0, 0.1) is 5.82 Å². The molecule has 1 aromatic carbocycles. The highest BCUT2D eigenvalue weighted by Crippen LogP contribution is 2.37. The zero-order valence-electron chi connectivity index (χ0n) is 18.3. The quantitative estimate of drug-likeness (QED) is 0.367. The van der Waals surface area contributed by atoms with Gasteiger partial charge in [-0.15, -0.1) is 0 Å². The van der Waals surface area contributed by atoms with Crippen molar-refractivity contribution in [2.24, 2.45) is 0 Å². The third kappa shape index (κ3) is 4.17. The molecule has 0 saturated carbocycles. The Balaban J connectivity index is 1.88. The number of halogens is 1. The highest BCUT2D eigenvalue weighted by Gasteiger charge is 2.34. The van der Waals surface area contributed by atoms with Crippen molar-refractivity contribution in [3.63, 3.8) is 0 Å². The lowest BCUT2D eigenvalue weighted by Crippen LogP contribution is -2.45.